The highest BCUT2D eigenvalue weighted by molar-refractivity contribution is 5.44. The quantitative estimate of drug-likeness (QED) is 0.700. The SMILES string of the molecule is CCCNC(c1ccc(OC(F)F)c(OCC)c1)C(F)F. The van der Waals surface area contributed by atoms with E-state index in [1.165, 1.54) is 18.2 Å². The van der Waals surface area contributed by atoms with Crippen molar-refractivity contribution in [2.24, 2.45) is 0 Å². The third-order valence-electron chi connectivity index (χ3n) is 2.71. The topological polar surface area (TPSA) is 30.5 Å². The predicted octanol–water partition coefficient (Wildman–Crippen LogP) is 3.99. The Balaban J connectivity index is 3.03. The highest BCUT2D eigenvalue weighted by Crippen LogP contribution is 2.33. The predicted molar refractivity (Wildman–Crippen MR) is 71.3 cm³/mol. The number of halogens is 4. The fraction of sp³-hybridized carbons (Fsp3) is 0.571. The molecule has 1 aromatic carbocycles. The van der Waals surface area contributed by atoms with Gasteiger partial charge in [-0.3, -0.25) is 0 Å². The summed E-state index contributed by atoms with van der Waals surface area (Å²) in [5.41, 5.74) is 0.267. The summed E-state index contributed by atoms with van der Waals surface area (Å²) in [5.74, 6) is -0.140. The van der Waals surface area contributed by atoms with E-state index in [0.717, 1.165) is 0 Å². The maximum absolute atomic E-state index is 13.1. The van der Waals surface area contributed by atoms with Gasteiger partial charge in [0.05, 0.1) is 12.6 Å². The highest BCUT2D eigenvalue weighted by atomic mass is 19.3. The molecule has 0 aliphatic heterocycles. The van der Waals surface area contributed by atoms with Gasteiger partial charge in [0.2, 0.25) is 0 Å². The van der Waals surface area contributed by atoms with Crippen molar-refractivity contribution in [3.05, 3.63) is 23.8 Å². The Morgan fingerprint density at radius 2 is 1.81 bits per heavy atom. The minimum Gasteiger partial charge on any atom is -0.490 e. The molecule has 1 aromatic rings. The van der Waals surface area contributed by atoms with Gasteiger partial charge in [-0.2, -0.15) is 8.78 Å². The van der Waals surface area contributed by atoms with Crippen molar-refractivity contribution in [2.45, 2.75) is 39.3 Å². The second-order valence-electron chi connectivity index (χ2n) is 4.28. The Morgan fingerprint density at radius 1 is 1.10 bits per heavy atom. The van der Waals surface area contributed by atoms with E-state index in [-0.39, 0.29) is 23.7 Å². The molecule has 1 unspecified atom stereocenters. The summed E-state index contributed by atoms with van der Waals surface area (Å²) in [7, 11) is 0. The number of nitrogens with one attached hydrogen (secondary N) is 1. The molecule has 0 aliphatic carbocycles. The van der Waals surface area contributed by atoms with Crippen LogP contribution in [-0.2, 0) is 0 Å². The Kier molecular flexibility index (Phi) is 7.28. The molecular weight excluding hydrogens is 290 g/mol. The molecule has 0 bridgehead atoms. The summed E-state index contributed by atoms with van der Waals surface area (Å²) in [4.78, 5) is 0. The molecular formula is C14H19F4NO2. The molecule has 0 aromatic heterocycles. The van der Waals surface area contributed by atoms with E-state index in [4.69, 9.17) is 4.74 Å². The molecule has 0 aliphatic rings. The van der Waals surface area contributed by atoms with Crippen molar-refractivity contribution in [3.63, 3.8) is 0 Å². The molecule has 3 nitrogen and oxygen atoms in total. The van der Waals surface area contributed by atoms with E-state index < -0.39 is 19.1 Å². The van der Waals surface area contributed by atoms with Crippen molar-refractivity contribution in [1.29, 1.82) is 0 Å². The van der Waals surface area contributed by atoms with Gasteiger partial charge in [-0.25, -0.2) is 8.78 Å². The van der Waals surface area contributed by atoms with Gasteiger partial charge < -0.3 is 14.8 Å². The largest absolute Gasteiger partial charge is 0.490 e. The average molecular weight is 309 g/mol. The van der Waals surface area contributed by atoms with E-state index in [2.05, 4.69) is 10.1 Å². The molecule has 21 heavy (non-hydrogen) atoms. The Morgan fingerprint density at radius 3 is 2.33 bits per heavy atom. The minimum atomic E-state index is -3.00. The van der Waals surface area contributed by atoms with Gasteiger partial charge >= 0.3 is 6.61 Å². The summed E-state index contributed by atoms with van der Waals surface area (Å²) in [6, 6.07) is 2.68. The number of ether oxygens (including phenoxy) is 2. The van der Waals surface area contributed by atoms with Crippen molar-refractivity contribution < 1.29 is 27.0 Å². The van der Waals surface area contributed by atoms with Crippen molar-refractivity contribution >= 4 is 0 Å². The van der Waals surface area contributed by atoms with Gasteiger partial charge in [-0.05, 0) is 37.6 Å². The summed E-state index contributed by atoms with van der Waals surface area (Å²) in [6.07, 6.45) is -1.92. The third-order valence-corrected chi connectivity index (χ3v) is 2.71. The summed E-state index contributed by atoms with van der Waals surface area (Å²) in [5, 5.41) is 2.72. The van der Waals surface area contributed by atoms with E-state index in [9.17, 15) is 17.6 Å². The molecule has 120 valence electrons. The monoisotopic (exact) mass is 309 g/mol. The fourth-order valence-electron chi connectivity index (χ4n) is 1.83. The lowest BCUT2D eigenvalue weighted by molar-refractivity contribution is -0.0514. The normalized spacial score (nSPS) is 12.8. The molecule has 0 saturated carbocycles. The van der Waals surface area contributed by atoms with Crippen LogP contribution in [0.2, 0.25) is 0 Å². The molecule has 0 saturated heterocycles. The van der Waals surface area contributed by atoms with Gasteiger partial charge in [-0.15, -0.1) is 0 Å². The molecule has 1 atom stereocenters. The number of alkyl halides is 4. The lowest BCUT2D eigenvalue weighted by Gasteiger charge is -2.20. The van der Waals surface area contributed by atoms with Gasteiger partial charge in [-0.1, -0.05) is 13.0 Å². The number of rotatable bonds is 9. The van der Waals surface area contributed by atoms with Crippen molar-refractivity contribution in [1.82, 2.24) is 5.32 Å². The molecule has 0 heterocycles. The number of hydrogen-bond acceptors (Lipinski definition) is 3. The maximum Gasteiger partial charge on any atom is 0.387 e. The van der Waals surface area contributed by atoms with Crippen LogP contribution in [0.15, 0.2) is 18.2 Å². The Hall–Kier alpha value is -1.50. The van der Waals surface area contributed by atoms with Crippen LogP contribution in [0.1, 0.15) is 31.9 Å². The zero-order chi connectivity index (χ0) is 15.8. The van der Waals surface area contributed by atoms with E-state index in [1.807, 2.05) is 6.92 Å². The fourth-order valence-corrected chi connectivity index (χ4v) is 1.83. The van der Waals surface area contributed by atoms with Crippen LogP contribution in [0.3, 0.4) is 0 Å². The minimum absolute atomic E-state index is 0.0271. The van der Waals surface area contributed by atoms with Crippen LogP contribution < -0.4 is 14.8 Å². The van der Waals surface area contributed by atoms with Crippen LogP contribution in [0.5, 0.6) is 11.5 Å². The number of benzene rings is 1. The van der Waals surface area contributed by atoms with Gasteiger partial charge in [0.1, 0.15) is 0 Å². The van der Waals surface area contributed by atoms with Crippen LogP contribution >= 0.6 is 0 Å². The molecule has 1 N–H and O–H groups in total. The first-order valence-electron chi connectivity index (χ1n) is 6.72. The van der Waals surface area contributed by atoms with Crippen LogP contribution in [0.4, 0.5) is 17.6 Å². The second-order valence-corrected chi connectivity index (χ2v) is 4.28. The highest BCUT2D eigenvalue weighted by Gasteiger charge is 2.23. The van der Waals surface area contributed by atoms with E-state index in [1.54, 1.807) is 6.92 Å². The average Bonchev–Trinajstić information content (AvgIpc) is 2.41. The Bertz CT molecular complexity index is 429. The second kappa shape index (κ2) is 8.71. The molecule has 0 fully saturated rings. The maximum atomic E-state index is 13.1. The molecule has 0 amide bonds. The number of hydrogen-bond donors (Lipinski definition) is 1. The van der Waals surface area contributed by atoms with Crippen LogP contribution in [-0.4, -0.2) is 26.2 Å². The first-order valence-corrected chi connectivity index (χ1v) is 6.72. The first-order chi connectivity index (χ1) is 9.99. The van der Waals surface area contributed by atoms with Gasteiger partial charge in [0, 0.05) is 0 Å². The lowest BCUT2D eigenvalue weighted by Crippen LogP contribution is -2.28. The van der Waals surface area contributed by atoms with Crippen molar-refractivity contribution in [2.75, 3.05) is 13.2 Å². The molecule has 7 heteroatoms. The third kappa shape index (κ3) is 5.41. The summed E-state index contributed by atoms with van der Waals surface area (Å²) in [6.45, 7) is 1.16. The molecule has 0 radical (unpaired) electrons. The summed E-state index contributed by atoms with van der Waals surface area (Å²) >= 11 is 0. The Labute approximate surface area is 121 Å². The smallest absolute Gasteiger partial charge is 0.387 e. The first kappa shape index (κ1) is 17.6. The standard InChI is InChI=1S/C14H19F4NO2/c1-3-7-19-12(13(15)16)9-5-6-10(21-14(17)18)11(8-9)20-4-2/h5-6,8,12-14,19H,3-4,7H2,1-2H3. The lowest BCUT2D eigenvalue weighted by atomic mass is 10.1. The van der Waals surface area contributed by atoms with Gasteiger partial charge in [0.25, 0.3) is 6.43 Å². The van der Waals surface area contributed by atoms with Gasteiger partial charge in [0.15, 0.2) is 11.5 Å². The zero-order valence-electron chi connectivity index (χ0n) is 11.9. The van der Waals surface area contributed by atoms with Crippen LogP contribution in [0.25, 0.3) is 0 Å². The van der Waals surface area contributed by atoms with Crippen LogP contribution in [0, 0.1) is 0 Å². The summed E-state index contributed by atoms with van der Waals surface area (Å²) < 4.78 is 60.2. The van der Waals surface area contributed by atoms with E-state index in [0.29, 0.717) is 13.0 Å². The molecule has 1 rings (SSSR count). The zero-order valence-corrected chi connectivity index (χ0v) is 11.9. The van der Waals surface area contributed by atoms with E-state index >= 15 is 0 Å². The van der Waals surface area contributed by atoms with Crippen molar-refractivity contribution in [3.8, 4) is 11.5 Å². The molecule has 0 spiro atoms.